The van der Waals surface area contributed by atoms with Crippen molar-refractivity contribution in [2.45, 2.75) is 17.4 Å². The molecule has 2 aromatic rings. The number of methoxy groups -OCH3 is 1. The molecule has 0 saturated heterocycles. The zero-order chi connectivity index (χ0) is 19.1. The molecule has 138 valence electrons. The van der Waals surface area contributed by atoms with Gasteiger partial charge >= 0.3 is 5.97 Å². The van der Waals surface area contributed by atoms with Crippen LogP contribution in [0.25, 0.3) is 0 Å². The first-order valence-electron chi connectivity index (χ1n) is 7.64. The van der Waals surface area contributed by atoms with Crippen LogP contribution in [-0.2, 0) is 25.1 Å². The van der Waals surface area contributed by atoms with Crippen LogP contribution in [0.3, 0.4) is 0 Å². The lowest BCUT2D eigenvalue weighted by atomic mass is 10.0. The molecule has 26 heavy (non-hydrogen) atoms. The molecule has 1 amide bonds. The Morgan fingerprint density at radius 3 is 2.54 bits per heavy atom. The van der Waals surface area contributed by atoms with Gasteiger partial charge in [-0.1, -0.05) is 23.7 Å². The first-order valence-corrected chi connectivity index (χ1v) is 9.34. The summed E-state index contributed by atoms with van der Waals surface area (Å²) in [5.41, 5.74) is 0.418. The first kappa shape index (κ1) is 20.1. The van der Waals surface area contributed by atoms with Crippen LogP contribution in [0.5, 0.6) is 0 Å². The molecule has 5 nitrogen and oxygen atoms in total. The Kier molecular flexibility index (Phi) is 7.29. The third-order valence-electron chi connectivity index (χ3n) is 3.52. The molecule has 0 saturated carbocycles. The van der Waals surface area contributed by atoms with Gasteiger partial charge in [0.1, 0.15) is 11.6 Å². The van der Waals surface area contributed by atoms with Gasteiger partial charge in [0, 0.05) is 9.92 Å². The molecule has 0 aliphatic heterocycles. The van der Waals surface area contributed by atoms with E-state index in [-0.39, 0.29) is 12.2 Å². The Morgan fingerprint density at radius 1 is 1.23 bits per heavy atom. The van der Waals surface area contributed by atoms with E-state index in [0.29, 0.717) is 15.5 Å². The fourth-order valence-electron chi connectivity index (χ4n) is 2.25. The average molecular weight is 398 g/mol. The van der Waals surface area contributed by atoms with Crippen molar-refractivity contribution in [3.8, 4) is 0 Å². The number of hydrogen-bond acceptors (Lipinski definition) is 4. The van der Waals surface area contributed by atoms with Crippen LogP contribution in [0.1, 0.15) is 18.0 Å². The second kappa shape index (κ2) is 9.45. The number of amides is 1. The lowest BCUT2D eigenvalue weighted by Gasteiger charge is -2.18. The number of esters is 1. The summed E-state index contributed by atoms with van der Waals surface area (Å²) in [6, 6.07) is 11.1. The maximum atomic E-state index is 13.5. The predicted octanol–water partition coefficient (Wildman–Crippen LogP) is 3.01. The van der Waals surface area contributed by atoms with E-state index in [1.807, 2.05) is 0 Å². The van der Waals surface area contributed by atoms with Crippen molar-refractivity contribution in [1.82, 2.24) is 5.32 Å². The van der Waals surface area contributed by atoms with Crippen LogP contribution in [0.15, 0.2) is 53.4 Å². The Hall–Kier alpha value is -2.25. The highest BCUT2D eigenvalue weighted by atomic mass is 35.5. The molecule has 0 aliphatic rings. The zero-order valence-electron chi connectivity index (χ0n) is 13.9. The lowest BCUT2D eigenvalue weighted by molar-refractivity contribution is -0.141. The van der Waals surface area contributed by atoms with Crippen molar-refractivity contribution < 1.29 is 22.9 Å². The van der Waals surface area contributed by atoms with Crippen LogP contribution in [0, 0.1) is 5.82 Å². The molecule has 2 unspecified atom stereocenters. The normalized spacial score (nSPS) is 12.9. The van der Waals surface area contributed by atoms with Gasteiger partial charge in [0.15, 0.2) is 0 Å². The lowest BCUT2D eigenvalue weighted by Crippen LogP contribution is -2.33. The fourth-order valence-corrected chi connectivity index (χ4v) is 3.30. The molecule has 2 atom stereocenters. The summed E-state index contributed by atoms with van der Waals surface area (Å²) in [5, 5.41) is 3.11. The van der Waals surface area contributed by atoms with Crippen molar-refractivity contribution >= 4 is 34.3 Å². The van der Waals surface area contributed by atoms with Gasteiger partial charge in [0.25, 0.3) is 0 Å². The summed E-state index contributed by atoms with van der Waals surface area (Å²) in [6.07, 6.45) is -0.167. The molecule has 0 bridgehead atoms. The maximum absolute atomic E-state index is 13.5. The van der Waals surface area contributed by atoms with Crippen molar-refractivity contribution in [3.05, 3.63) is 64.9 Å². The Bertz CT molecular complexity index is 813. The predicted molar refractivity (Wildman–Crippen MR) is 96.6 cm³/mol. The molecular weight excluding hydrogens is 381 g/mol. The Labute approximate surface area is 158 Å². The van der Waals surface area contributed by atoms with Crippen LogP contribution >= 0.6 is 11.6 Å². The number of ether oxygens (including phenoxy) is 1. The van der Waals surface area contributed by atoms with E-state index in [0.717, 1.165) is 0 Å². The molecule has 0 aliphatic carbocycles. The van der Waals surface area contributed by atoms with Crippen LogP contribution in [0.4, 0.5) is 4.39 Å². The van der Waals surface area contributed by atoms with Crippen molar-refractivity contribution in [2.75, 3.05) is 12.9 Å². The first-order chi connectivity index (χ1) is 12.4. The summed E-state index contributed by atoms with van der Waals surface area (Å²) in [6.45, 7) is 0. The monoisotopic (exact) mass is 397 g/mol. The summed E-state index contributed by atoms with van der Waals surface area (Å²) in [4.78, 5) is 24.3. The van der Waals surface area contributed by atoms with Crippen LogP contribution in [-0.4, -0.2) is 28.9 Å². The third-order valence-corrected chi connectivity index (χ3v) is 5.10. The third kappa shape index (κ3) is 5.93. The van der Waals surface area contributed by atoms with E-state index in [9.17, 15) is 18.2 Å². The molecular formula is C18H17ClFNO4S. The molecule has 8 heteroatoms. The highest BCUT2D eigenvalue weighted by molar-refractivity contribution is 7.85. The SMILES string of the molecule is COC(=O)CC(NC(=O)CS(=O)c1ccc(Cl)cc1)c1cccc(F)c1. The minimum absolute atomic E-state index is 0.167. The fraction of sp³-hybridized carbons (Fsp3) is 0.222. The van der Waals surface area contributed by atoms with Gasteiger partial charge < -0.3 is 10.1 Å². The number of hydrogen-bond donors (Lipinski definition) is 1. The van der Waals surface area contributed by atoms with E-state index in [2.05, 4.69) is 10.1 Å². The topological polar surface area (TPSA) is 72.5 Å². The molecule has 2 aromatic carbocycles. The quantitative estimate of drug-likeness (QED) is 0.729. The van der Waals surface area contributed by atoms with Gasteiger partial charge in [-0.25, -0.2) is 4.39 Å². The van der Waals surface area contributed by atoms with Gasteiger partial charge in [0.2, 0.25) is 5.91 Å². The van der Waals surface area contributed by atoms with Crippen LogP contribution < -0.4 is 5.32 Å². The number of rotatable bonds is 7. The Morgan fingerprint density at radius 2 is 1.92 bits per heavy atom. The number of nitrogens with one attached hydrogen (secondary N) is 1. The molecule has 0 heterocycles. The van der Waals surface area contributed by atoms with E-state index in [1.54, 1.807) is 30.3 Å². The Balaban J connectivity index is 2.08. The average Bonchev–Trinajstić information content (AvgIpc) is 2.61. The molecule has 2 rings (SSSR count). The summed E-state index contributed by atoms with van der Waals surface area (Å²) in [7, 11) is -0.350. The number of benzene rings is 2. The van der Waals surface area contributed by atoms with Crippen LogP contribution in [0.2, 0.25) is 5.02 Å². The van der Waals surface area contributed by atoms with Gasteiger partial charge in [-0.2, -0.15) is 0 Å². The van der Waals surface area contributed by atoms with E-state index < -0.39 is 34.5 Å². The minimum atomic E-state index is -1.57. The van der Waals surface area contributed by atoms with E-state index in [4.69, 9.17) is 11.6 Å². The van der Waals surface area contributed by atoms with Crippen molar-refractivity contribution in [3.63, 3.8) is 0 Å². The number of carbonyl (C=O) groups is 2. The number of carbonyl (C=O) groups excluding carboxylic acids is 2. The largest absolute Gasteiger partial charge is 0.469 e. The zero-order valence-corrected chi connectivity index (χ0v) is 15.5. The van der Waals surface area contributed by atoms with Crippen molar-refractivity contribution in [1.29, 1.82) is 0 Å². The smallest absolute Gasteiger partial charge is 0.307 e. The summed E-state index contributed by atoms with van der Waals surface area (Å²) in [5.74, 6) is -1.87. The second-order valence-corrected chi connectivity index (χ2v) is 7.29. The van der Waals surface area contributed by atoms with Gasteiger partial charge in [0.05, 0.1) is 30.4 Å². The molecule has 0 fully saturated rings. The standard InChI is InChI=1S/C18H17ClFNO4S/c1-25-18(23)10-16(12-3-2-4-14(20)9-12)21-17(22)11-26(24)15-7-5-13(19)6-8-15/h2-9,16H,10-11H2,1H3,(H,21,22). The van der Waals surface area contributed by atoms with Gasteiger partial charge in [-0.05, 0) is 42.0 Å². The molecule has 0 radical (unpaired) electrons. The maximum Gasteiger partial charge on any atom is 0.307 e. The highest BCUT2D eigenvalue weighted by Gasteiger charge is 2.21. The molecule has 1 N–H and O–H groups in total. The van der Waals surface area contributed by atoms with Crippen molar-refractivity contribution in [2.24, 2.45) is 0 Å². The van der Waals surface area contributed by atoms with E-state index in [1.165, 1.54) is 25.3 Å². The van der Waals surface area contributed by atoms with E-state index >= 15 is 0 Å². The van der Waals surface area contributed by atoms with Gasteiger partial charge in [-0.15, -0.1) is 0 Å². The molecule has 0 aromatic heterocycles. The summed E-state index contributed by atoms with van der Waals surface area (Å²) >= 11 is 5.78. The second-order valence-electron chi connectivity index (χ2n) is 5.40. The highest BCUT2D eigenvalue weighted by Crippen LogP contribution is 2.19. The van der Waals surface area contributed by atoms with Gasteiger partial charge in [-0.3, -0.25) is 13.8 Å². The molecule has 0 spiro atoms. The minimum Gasteiger partial charge on any atom is -0.469 e. The number of halogens is 2. The summed E-state index contributed by atoms with van der Waals surface area (Å²) < 4.78 is 30.4.